The summed E-state index contributed by atoms with van der Waals surface area (Å²) in [6.45, 7) is 0.672. The van der Waals surface area contributed by atoms with Crippen LogP contribution in [-0.4, -0.2) is 26.3 Å². The minimum Gasteiger partial charge on any atom is -0.364 e. The van der Waals surface area contributed by atoms with Gasteiger partial charge in [-0.15, -0.1) is 0 Å². The van der Waals surface area contributed by atoms with Crippen LogP contribution in [0.3, 0.4) is 0 Å². The second kappa shape index (κ2) is 5.01. The molecule has 2 aromatic heterocycles. The fourth-order valence-electron chi connectivity index (χ4n) is 2.06. The molecule has 4 rings (SSSR count). The molecule has 3 aromatic rings. The Morgan fingerprint density at radius 1 is 1.00 bits per heavy atom. The van der Waals surface area contributed by atoms with Gasteiger partial charge in [-0.25, -0.2) is 14.6 Å². The summed E-state index contributed by atoms with van der Waals surface area (Å²) < 4.78 is 4.68. The largest absolute Gasteiger partial charge is 0.364 e. The lowest BCUT2D eigenvalue weighted by Gasteiger charge is -2.11. The summed E-state index contributed by atoms with van der Waals surface area (Å²) in [5.41, 5.74) is 2.00. The van der Waals surface area contributed by atoms with Crippen molar-refractivity contribution >= 4 is 22.9 Å². The van der Waals surface area contributed by atoms with E-state index in [-0.39, 0.29) is 0 Å². The van der Waals surface area contributed by atoms with E-state index < -0.39 is 0 Å². The van der Waals surface area contributed by atoms with Gasteiger partial charge in [-0.05, 0) is 28.7 Å². The third-order valence-corrected chi connectivity index (χ3v) is 3.34. The molecular weight excluding hydrogens is 268 g/mol. The van der Waals surface area contributed by atoms with Gasteiger partial charge in [0.05, 0.1) is 0 Å². The van der Waals surface area contributed by atoms with Crippen molar-refractivity contribution in [3.8, 4) is 0 Å². The van der Waals surface area contributed by atoms with E-state index in [0.29, 0.717) is 35.5 Å². The number of rotatable bonds is 5. The van der Waals surface area contributed by atoms with Crippen LogP contribution in [0.4, 0.5) is 11.6 Å². The van der Waals surface area contributed by atoms with Gasteiger partial charge in [-0.1, -0.05) is 30.3 Å². The molecule has 0 unspecified atom stereocenters. The van der Waals surface area contributed by atoms with Crippen LogP contribution in [0.25, 0.3) is 11.3 Å². The Hall–Kier alpha value is -2.70. The molecule has 0 radical (unpaired) electrons. The summed E-state index contributed by atoms with van der Waals surface area (Å²) >= 11 is 0. The molecule has 0 atom stereocenters. The molecule has 7 nitrogen and oxygen atoms in total. The molecule has 0 aliphatic heterocycles. The number of hydrogen-bond acceptors (Lipinski definition) is 7. The molecule has 2 heterocycles. The Bertz CT molecular complexity index is 753. The van der Waals surface area contributed by atoms with Crippen LogP contribution >= 0.6 is 0 Å². The fraction of sp³-hybridized carbons (Fsp3) is 0.286. The van der Waals surface area contributed by atoms with Crippen LogP contribution in [0.2, 0.25) is 0 Å². The second-order valence-electron chi connectivity index (χ2n) is 5.09. The van der Waals surface area contributed by atoms with Crippen molar-refractivity contribution in [3.63, 3.8) is 0 Å². The van der Waals surface area contributed by atoms with Crippen LogP contribution in [0.15, 0.2) is 35.0 Å². The van der Waals surface area contributed by atoms with Gasteiger partial charge in [0.25, 0.3) is 0 Å². The number of benzene rings is 1. The Balaban J connectivity index is 1.61. The summed E-state index contributed by atoms with van der Waals surface area (Å²) in [5.74, 6) is 1.38. The number of nitrogens with one attached hydrogen (secondary N) is 2. The highest BCUT2D eigenvalue weighted by Gasteiger charge is 2.24. The summed E-state index contributed by atoms with van der Waals surface area (Å²) in [6, 6.07) is 10.6. The topological polar surface area (TPSA) is 88.8 Å². The summed E-state index contributed by atoms with van der Waals surface area (Å²) in [6.07, 6.45) is 2.32. The van der Waals surface area contributed by atoms with Crippen molar-refractivity contribution in [3.05, 3.63) is 35.9 Å². The lowest BCUT2D eigenvalue weighted by molar-refractivity contribution is 0.314. The lowest BCUT2D eigenvalue weighted by Crippen LogP contribution is -2.10. The van der Waals surface area contributed by atoms with E-state index in [0.717, 1.165) is 12.8 Å². The van der Waals surface area contributed by atoms with Gasteiger partial charge < -0.3 is 10.6 Å². The van der Waals surface area contributed by atoms with Gasteiger partial charge in [0.15, 0.2) is 11.6 Å². The monoisotopic (exact) mass is 282 g/mol. The molecule has 0 amide bonds. The average Bonchev–Trinajstić information content (AvgIpc) is 3.22. The van der Waals surface area contributed by atoms with Gasteiger partial charge in [0.2, 0.25) is 11.3 Å². The van der Waals surface area contributed by atoms with E-state index in [1.165, 1.54) is 5.56 Å². The third-order valence-electron chi connectivity index (χ3n) is 3.34. The van der Waals surface area contributed by atoms with Crippen molar-refractivity contribution in [1.29, 1.82) is 0 Å². The van der Waals surface area contributed by atoms with E-state index in [4.69, 9.17) is 0 Å². The predicted octanol–water partition coefficient (Wildman–Crippen LogP) is 2.20. The SMILES string of the molecule is c1ccc(CNc2nc3nonc3nc2NC2CC2)cc1. The molecule has 1 fully saturated rings. The predicted molar refractivity (Wildman–Crippen MR) is 77.8 cm³/mol. The zero-order chi connectivity index (χ0) is 14.1. The van der Waals surface area contributed by atoms with Crippen molar-refractivity contribution in [2.75, 3.05) is 10.6 Å². The maximum atomic E-state index is 4.68. The molecular formula is C14H14N6O. The maximum absolute atomic E-state index is 4.68. The van der Waals surface area contributed by atoms with E-state index in [9.17, 15) is 0 Å². The first-order valence-corrected chi connectivity index (χ1v) is 6.93. The number of fused-ring (bicyclic) bond motifs is 1. The van der Waals surface area contributed by atoms with Crippen LogP contribution in [-0.2, 0) is 6.54 Å². The highest BCUT2D eigenvalue weighted by atomic mass is 16.6. The minimum atomic E-state index is 0.409. The summed E-state index contributed by atoms with van der Waals surface area (Å²) in [7, 11) is 0. The Kier molecular flexibility index (Phi) is 2.88. The fourth-order valence-corrected chi connectivity index (χ4v) is 2.06. The maximum Gasteiger partial charge on any atom is 0.245 e. The molecule has 1 aromatic carbocycles. The zero-order valence-electron chi connectivity index (χ0n) is 11.3. The van der Waals surface area contributed by atoms with E-state index in [1.54, 1.807) is 0 Å². The highest BCUT2D eigenvalue weighted by Crippen LogP contribution is 2.28. The number of hydrogen-bond donors (Lipinski definition) is 2. The quantitative estimate of drug-likeness (QED) is 0.741. The van der Waals surface area contributed by atoms with Gasteiger partial charge in [0, 0.05) is 12.6 Å². The standard InChI is InChI=1S/C14H14N6O/c1-2-4-9(5-3-1)8-15-11-12(16-10-6-7-10)18-14-13(17-11)19-21-20-14/h1-5,10H,6-8H2,(H,15,17,19)(H,16,18,20). The molecule has 21 heavy (non-hydrogen) atoms. The number of anilines is 2. The molecule has 0 bridgehead atoms. The first-order valence-electron chi connectivity index (χ1n) is 6.93. The van der Waals surface area contributed by atoms with Crippen LogP contribution < -0.4 is 10.6 Å². The molecule has 106 valence electrons. The molecule has 1 saturated carbocycles. The normalized spacial score (nSPS) is 14.3. The van der Waals surface area contributed by atoms with Crippen LogP contribution in [0.1, 0.15) is 18.4 Å². The number of aromatic nitrogens is 4. The van der Waals surface area contributed by atoms with Crippen LogP contribution in [0.5, 0.6) is 0 Å². The second-order valence-corrected chi connectivity index (χ2v) is 5.09. The number of nitrogens with zero attached hydrogens (tertiary/aromatic N) is 4. The molecule has 0 spiro atoms. The lowest BCUT2D eigenvalue weighted by atomic mass is 10.2. The molecule has 2 N–H and O–H groups in total. The Morgan fingerprint density at radius 2 is 1.71 bits per heavy atom. The summed E-state index contributed by atoms with van der Waals surface area (Å²) in [4.78, 5) is 8.85. The van der Waals surface area contributed by atoms with Gasteiger partial charge in [-0.3, -0.25) is 0 Å². The highest BCUT2D eigenvalue weighted by molar-refractivity contribution is 5.73. The smallest absolute Gasteiger partial charge is 0.245 e. The van der Waals surface area contributed by atoms with Crippen molar-refractivity contribution in [2.45, 2.75) is 25.4 Å². The molecule has 0 saturated heterocycles. The average molecular weight is 282 g/mol. The molecule has 1 aliphatic carbocycles. The Morgan fingerprint density at radius 3 is 2.43 bits per heavy atom. The first kappa shape index (κ1) is 12.1. The van der Waals surface area contributed by atoms with E-state index in [2.05, 4.69) is 47.7 Å². The Labute approximate surface area is 120 Å². The van der Waals surface area contributed by atoms with Crippen molar-refractivity contribution < 1.29 is 4.63 Å². The third kappa shape index (κ3) is 2.62. The molecule has 7 heteroatoms. The summed E-state index contributed by atoms with van der Waals surface area (Å²) in [5, 5.41) is 14.1. The van der Waals surface area contributed by atoms with E-state index in [1.807, 2.05) is 18.2 Å². The van der Waals surface area contributed by atoms with Gasteiger partial charge in [-0.2, -0.15) is 0 Å². The zero-order valence-corrected chi connectivity index (χ0v) is 11.3. The minimum absolute atomic E-state index is 0.409. The van der Waals surface area contributed by atoms with Crippen LogP contribution in [0, 0.1) is 0 Å². The van der Waals surface area contributed by atoms with Gasteiger partial charge >= 0.3 is 0 Å². The van der Waals surface area contributed by atoms with Gasteiger partial charge in [0.1, 0.15) is 0 Å². The van der Waals surface area contributed by atoms with Crippen molar-refractivity contribution in [1.82, 2.24) is 20.3 Å². The van der Waals surface area contributed by atoms with Crippen molar-refractivity contribution in [2.24, 2.45) is 0 Å². The molecule has 1 aliphatic rings. The first-order chi connectivity index (χ1) is 10.4. The van der Waals surface area contributed by atoms with E-state index >= 15 is 0 Å².